The molecule has 5 rings (SSSR count). The first-order valence-electron chi connectivity index (χ1n) is 10.4. The number of aliphatic hydroxyl groups excluding tert-OH is 3. The van der Waals surface area contributed by atoms with Crippen molar-refractivity contribution < 1.29 is 20.1 Å². The summed E-state index contributed by atoms with van der Waals surface area (Å²) in [5.41, 5.74) is 12.9. The van der Waals surface area contributed by atoms with Crippen LogP contribution in [-0.4, -0.2) is 79.7 Å². The number of aromatic nitrogens is 8. The van der Waals surface area contributed by atoms with E-state index in [1.165, 1.54) is 25.3 Å². The Bertz CT molecular complexity index is 1310. The molecule has 0 aromatic carbocycles. The van der Waals surface area contributed by atoms with Crippen LogP contribution in [0.1, 0.15) is 19.8 Å². The summed E-state index contributed by atoms with van der Waals surface area (Å²) in [6, 6.07) is 0. The fourth-order valence-corrected chi connectivity index (χ4v) is 3.85. The largest absolute Gasteiger partial charge is 0.394 e. The molecule has 4 aromatic rings. The molecular weight excluding hydrogens is 444 g/mol. The van der Waals surface area contributed by atoms with Crippen LogP contribution in [0.3, 0.4) is 0 Å². The number of fused-ring (bicyclic) bond motifs is 2. The van der Waals surface area contributed by atoms with Gasteiger partial charge in [0.2, 0.25) is 0 Å². The summed E-state index contributed by atoms with van der Waals surface area (Å²) in [6.07, 6.45) is 3.11. The van der Waals surface area contributed by atoms with Crippen LogP contribution in [0.15, 0.2) is 37.5 Å². The first kappa shape index (κ1) is 23.4. The molecule has 1 aliphatic rings. The number of H-pyrrole nitrogens is 1. The van der Waals surface area contributed by atoms with Gasteiger partial charge in [0.15, 0.2) is 28.7 Å². The fraction of sp³-hybridized carbons (Fsp3) is 0.400. The molecule has 1 saturated heterocycles. The topological polar surface area (TPSA) is 220 Å². The minimum Gasteiger partial charge on any atom is -0.394 e. The third-order valence-corrected chi connectivity index (χ3v) is 5.63. The maximum Gasteiger partial charge on any atom is 0.182 e. The third kappa shape index (κ3) is 4.03. The van der Waals surface area contributed by atoms with Crippen molar-refractivity contribution in [2.24, 2.45) is 0 Å². The lowest BCUT2D eigenvalue weighted by Crippen LogP contribution is -2.45. The summed E-state index contributed by atoms with van der Waals surface area (Å²) in [5.74, 6) is 0.642. The highest BCUT2D eigenvalue weighted by atomic mass is 16.6. The maximum absolute atomic E-state index is 10.7. The van der Waals surface area contributed by atoms with Gasteiger partial charge in [0.25, 0.3) is 0 Å². The number of allylic oxidation sites excluding steroid dienone is 1. The zero-order valence-corrected chi connectivity index (χ0v) is 18.4. The fourth-order valence-electron chi connectivity index (χ4n) is 3.85. The summed E-state index contributed by atoms with van der Waals surface area (Å²) >= 11 is 0. The summed E-state index contributed by atoms with van der Waals surface area (Å²) in [5, 5.41) is 30.4. The Hall–Kier alpha value is -3.72. The molecule has 0 radical (unpaired) electrons. The number of nitrogens with two attached hydrogens (primary N) is 2. The number of nitrogen functional groups attached to an aromatic ring is 2. The number of rotatable bonds is 5. The van der Waals surface area contributed by atoms with Gasteiger partial charge in [-0.25, -0.2) is 29.9 Å². The van der Waals surface area contributed by atoms with Crippen LogP contribution in [0.4, 0.5) is 11.6 Å². The highest BCUT2D eigenvalue weighted by Crippen LogP contribution is 2.41. The highest BCUT2D eigenvalue weighted by Gasteiger charge is 2.55. The molecule has 0 amide bonds. The smallest absolute Gasteiger partial charge is 0.182 e. The van der Waals surface area contributed by atoms with E-state index in [-0.39, 0.29) is 5.82 Å². The van der Waals surface area contributed by atoms with Crippen molar-refractivity contribution in [1.29, 1.82) is 0 Å². The standard InChI is InChI=1S/C15H21N5O4.C5H5N5/c1-8(2)3-4-15(12(23)11(22)9(5-21)24-15)20-7-19-10-13(16)17-6-18-14(10)20;6-4-3-5(9-1-7-3)10-2-8-4/h6-7,9,11-12,21-23H,1,3-5H2,2H3,(H2,16,17,18);1-2H,(H3,6,7,8,9,10)/t9-,11-,12-,15-;/m1./s1. The summed E-state index contributed by atoms with van der Waals surface area (Å²) in [4.78, 5) is 26.6. The van der Waals surface area contributed by atoms with Crippen LogP contribution in [0.5, 0.6) is 0 Å². The van der Waals surface area contributed by atoms with Gasteiger partial charge in [-0.15, -0.1) is 6.58 Å². The number of nitrogens with zero attached hydrogens (tertiary/aromatic N) is 7. The third-order valence-electron chi connectivity index (χ3n) is 5.63. The Balaban J connectivity index is 0.000000226. The molecule has 8 N–H and O–H groups in total. The van der Waals surface area contributed by atoms with Crippen molar-refractivity contribution >= 4 is 34.0 Å². The van der Waals surface area contributed by atoms with Gasteiger partial charge in [-0.2, -0.15) is 0 Å². The summed E-state index contributed by atoms with van der Waals surface area (Å²) in [6.45, 7) is 5.31. The Morgan fingerprint density at radius 3 is 2.56 bits per heavy atom. The van der Waals surface area contributed by atoms with E-state index in [2.05, 4.69) is 41.5 Å². The van der Waals surface area contributed by atoms with Crippen LogP contribution in [0.25, 0.3) is 22.3 Å². The van der Waals surface area contributed by atoms with E-state index in [9.17, 15) is 15.3 Å². The van der Waals surface area contributed by atoms with Gasteiger partial charge >= 0.3 is 0 Å². The minimum atomic E-state index is -1.33. The van der Waals surface area contributed by atoms with Crippen molar-refractivity contribution in [3.05, 3.63) is 37.5 Å². The molecule has 5 heterocycles. The highest BCUT2D eigenvalue weighted by molar-refractivity contribution is 5.81. The normalized spacial score (nSPS) is 24.3. The molecule has 14 nitrogen and oxygen atoms in total. The molecular formula is C20H26N10O4. The summed E-state index contributed by atoms with van der Waals surface area (Å²) in [7, 11) is 0. The van der Waals surface area contributed by atoms with Gasteiger partial charge in [-0.1, -0.05) is 5.57 Å². The first-order valence-corrected chi connectivity index (χ1v) is 10.4. The second-order valence-corrected chi connectivity index (χ2v) is 7.98. The number of aliphatic hydroxyl groups is 3. The van der Waals surface area contributed by atoms with E-state index in [1.807, 2.05) is 6.92 Å². The zero-order valence-electron chi connectivity index (χ0n) is 18.4. The number of hydrogen-bond acceptors (Lipinski definition) is 12. The van der Waals surface area contributed by atoms with Crippen LogP contribution >= 0.6 is 0 Å². The predicted octanol–water partition coefficient (Wildman–Crippen LogP) is -0.534. The van der Waals surface area contributed by atoms with Crippen LogP contribution < -0.4 is 11.5 Å². The SMILES string of the molecule is C=C(C)CC[C@@]1(n2cnc3c(N)ncnc32)O[C@H](CO)[C@@H](O)[C@H]1O.Nc1ncnc2nc[nH]c12. The molecule has 0 bridgehead atoms. The lowest BCUT2D eigenvalue weighted by Gasteiger charge is -2.34. The number of nitrogens with one attached hydrogen (secondary N) is 1. The average molecular weight is 470 g/mol. The predicted molar refractivity (Wildman–Crippen MR) is 122 cm³/mol. The van der Waals surface area contributed by atoms with Crippen molar-refractivity contribution in [3.8, 4) is 0 Å². The maximum atomic E-state index is 10.7. The quantitative estimate of drug-likeness (QED) is 0.203. The number of hydrogen-bond donors (Lipinski definition) is 6. The Kier molecular flexibility index (Phi) is 6.39. The van der Waals surface area contributed by atoms with Gasteiger partial charge < -0.3 is 36.5 Å². The van der Waals surface area contributed by atoms with Gasteiger partial charge in [0, 0.05) is 6.42 Å². The van der Waals surface area contributed by atoms with E-state index in [4.69, 9.17) is 16.2 Å². The van der Waals surface area contributed by atoms with E-state index in [0.29, 0.717) is 41.0 Å². The number of ether oxygens (including phenoxy) is 1. The van der Waals surface area contributed by atoms with Gasteiger partial charge in [0.1, 0.15) is 42.0 Å². The van der Waals surface area contributed by atoms with E-state index < -0.39 is 30.6 Å². The lowest BCUT2D eigenvalue weighted by molar-refractivity contribution is -0.150. The van der Waals surface area contributed by atoms with E-state index in [1.54, 1.807) is 4.57 Å². The van der Waals surface area contributed by atoms with Crippen molar-refractivity contribution in [3.63, 3.8) is 0 Å². The van der Waals surface area contributed by atoms with Gasteiger partial charge in [0.05, 0.1) is 19.3 Å². The molecule has 34 heavy (non-hydrogen) atoms. The van der Waals surface area contributed by atoms with Crippen LogP contribution in [0.2, 0.25) is 0 Å². The number of imidazole rings is 2. The number of aromatic amines is 1. The van der Waals surface area contributed by atoms with Crippen LogP contribution in [-0.2, 0) is 10.5 Å². The Morgan fingerprint density at radius 1 is 1.15 bits per heavy atom. The van der Waals surface area contributed by atoms with Crippen molar-refractivity contribution in [2.45, 2.75) is 43.8 Å². The Morgan fingerprint density at radius 2 is 1.88 bits per heavy atom. The molecule has 14 heteroatoms. The molecule has 180 valence electrons. The van der Waals surface area contributed by atoms with E-state index in [0.717, 1.165) is 5.57 Å². The molecule has 0 saturated carbocycles. The Labute approximate surface area is 193 Å². The van der Waals surface area contributed by atoms with Crippen molar-refractivity contribution in [2.75, 3.05) is 18.1 Å². The van der Waals surface area contributed by atoms with Crippen LogP contribution in [0, 0.1) is 0 Å². The average Bonchev–Trinajstić information content (AvgIpc) is 3.53. The zero-order chi connectivity index (χ0) is 24.5. The molecule has 0 spiro atoms. The van der Waals surface area contributed by atoms with Gasteiger partial charge in [-0.05, 0) is 13.3 Å². The monoisotopic (exact) mass is 470 g/mol. The summed E-state index contributed by atoms with van der Waals surface area (Å²) < 4.78 is 7.44. The second-order valence-electron chi connectivity index (χ2n) is 7.98. The van der Waals surface area contributed by atoms with Crippen molar-refractivity contribution in [1.82, 2.24) is 39.5 Å². The molecule has 4 aromatic heterocycles. The van der Waals surface area contributed by atoms with Gasteiger partial charge in [-0.3, -0.25) is 4.57 Å². The molecule has 0 aliphatic carbocycles. The minimum absolute atomic E-state index is 0.209. The first-order chi connectivity index (χ1) is 16.3. The number of anilines is 2. The molecule has 0 unspecified atom stereocenters. The molecule has 1 aliphatic heterocycles. The molecule has 1 fully saturated rings. The lowest BCUT2D eigenvalue weighted by atomic mass is 9.95. The second kappa shape index (κ2) is 9.26. The molecule has 4 atom stereocenters. The van der Waals surface area contributed by atoms with E-state index >= 15 is 0 Å².